The van der Waals surface area contributed by atoms with Gasteiger partial charge in [0.2, 0.25) is 0 Å². The first-order chi connectivity index (χ1) is 9.93. The summed E-state index contributed by atoms with van der Waals surface area (Å²) in [5.74, 6) is -1.49. The van der Waals surface area contributed by atoms with E-state index in [-0.39, 0.29) is 6.61 Å². The summed E-state index contributed by atoms with van der Waals surface area (Å²) in [6, 6.07) is -1.15. The highest BCUT2D eigenvalue weighted by Gasteiger charge is 2.58. The minimum absolute atomic E-state index is 0.174. The number of carbonyl (C=O) groups is 1. The average molecular weight is 301 g/mol. The first-order valence-electron chi connectivity index (χ1n) is 6.68. The van der Waals surface area contributed by atoms with Crippen molar-refractivity contribution < 1.29 is 28.5 Å². The zero-order valence-electron chi connectivity index (χ0n) is 12.4. The Morgan fingerprint density at radius 1 is 1.43 bits per heavy atom. The van der Waals surface area contributed by atoms with Gasteiger partial charge in [0.25, 0.3) is 0 Å². The van der Waals surface area contributed by atoms with Crippen LogP contribution in [0.4, 0.5) is 0 Å². The second kappa shape index (κ2) is 6.17. The molecular formula is C12H19N3O6. The van der Waals surface area contributed by atoms with Gasteiger partial charge in [0.15, 0.2) is 18.1 Å². The molecule has 2 heterocycles. The third kappa shape index (κ3) is 3.12. The number of methoxy groups -OCH3 is 1. The molecule has 2 aliphatic heterocycles. The molecule has 118 valence electrons. The molecule has 21 heavy (non-hydrogen) atoms. The lowest BCUT2D eigenvalue weighted by molar-refractivity contribution is -0.229. The highest BCUT2D eigenvalue weighted by molar-refractivity contribution is 5.77. The predicted octanol–water partition coefficient (Wildman–Crippen LogP) is 1.12. The maximum absolute atomic E-state index is 12.0. The van der Waals surface area contributed by atoms with E-state index in [0.29, 0.717) is 0 Å². The highest BCUT2D eigenvalue weighted by atomic mass is 16.8. The van der Waals surface area contributed by atoms with Gasteiger partial charge in [0.1, 0.15) is 18.3 Å². The zero-order valence-corrected chi connectivity index (χ0v) is 12.4. The SMILES string of the molecule is CCOC(=O)[C@@H](N=[N+]=[N-])[C@H]1O[C@@H](OC)[C@@H]2OC(C)(C)O[C@@H]21. The van der Waals surface area contributed by atoms with E-state index in [4.69, 9.17) is 29.2 Å². The van der Waals surface area contributed by atoms with Crippen molar-refractivity contribution in [3.05, 3.63) is 10.4 Å². The molecule has 5 atom stereocenters. The van der Waals surface area contributed by atoms with Crippen LogP contribution in [0.3, 0.4) is 0 Å². The van der Waals surface area contributed by atoms with Gasteiger partial charge in [0, 0.05) is 12.0 Å². The van der Waals surface area contributed by atoms with Crippen molar-refractivity contribution in [2.24, 2.45) is 5.11 Å². The number of hydrogen-bond acceptors (Lipinski definition) is 7. The number of hydrogen-bond donors (Lipinski definition) is 0. The average Bonchev–Trinajstić information content (AvgIpc) is 2.89. The number of rotatable bonds is 5. The molecule has 0 saturated carbocycles. The summed E-state index contributed by atoms with van der Waals surface area (Å²) < 4.78 is 27.2. The molecule has 0 spiro atoms. The molecule has 0 unspecified atom stereocenters. The van der Waals surface area contributed by atoms with Crippen LogP contribution in [0, 0.1) is 0 Å². The standard InChI is InChI=1S/C12H19N3O6/c1-5-18-10(16)6(14-15-13)7-8-9(11(17-4)19-7)21-12(2,3)20-8/h6-9,11H,5H2,1-4H3/t6-,7+,8+,9+,11+/m0/s1. The van der Waals surface area contributed by atoms with Gasteiger partial charge in [-0.25, -0.2) is 0 Å². The number of ether oxygens (including phenoxy) is 5. The Morgan fingerprint density at radius 2 is 2.10 bits per heavy atom. The van der Waals surface area contributed by atoms with Crippen LogP contribution in [-0.2, 0) is 28.5 Å². The highest BCUT2D eigenvalue weighted by Crippen LogP contribution is 2.40. The van der Waals surface area contributed by atoms with E-state index < -0.39 is 42.4 Å². The molecule has 2 saturated heterocycles. The summed E-state index contributed by atoms with van der Waals surface area (Å²) in [5.41, 5.74) is 8.67. The van der Waals surface area contributed by atoms with E-state index in [0.717, 1.165) is 0 Å². The largest absolute Gasteiger partial charge is 0.466 e. The first kappa shape index (κ1) is 16.0. The molecule has 0 bridgehead atoms. The summed E-state index contributed by atoms with van der Waals surface area (Å²) in [6.07, 6.45) is -2.60. The molecule has 2 fully saturated rings. The number of azide groups is 1. The first-order valence-corrected chi connectivity index (χ1v) is 6.68. The van der Waals surface area contributed by atoms with E-state index in [1.54, 1.807) is 20.8 Å². The molecular weight excluding hydrogens is 282 g/mol. The van der Waals surface area contributed by atoms with Crippen molar-refractivity contribution in [3.8, 4) is 0 Å². The predicted molar refractivity (Wildman–Crippen MR) is 69.1 cm³/mol. The van der Waals surface area contributed by atoms with Gasteiger partial charge in [0.05, 0.1) is 6.61 Å². The molecule has 9 heteroatoms. The van der Waals surface area contributed by atoms with Crippen molar-refractivity contribution in [3.63, 3.8) is 0 Å². The van der Waals surface area contributed by atoms with E-state index in [2.05, 4.69) is 10.0 Å². The van der Waals surface area contributed by atoms with Gasteiger partial charge in [-0.3, -0.25) is 4.79 Å². The summed E-state index contributed by atoms with van der Waals surface area (Å²) in [6.45, 7) is 5.34. The van der Waals surface area contributed by atoms with Crippen LogP contribution in [0.1, 0.15) is 20.8 Å². The van der Waals surface area contributed by atoms with Crippen molar-refractivity contribution >= 4 is 5.97 Å². The summed E-state index contributed by atoms with van der Waals surface area (Å²) >= 11 is 0. The summed E-state index contributed by atoms with van der Waals surface area (Å²) in [5, 5.41) is 3.49. The Hall–Kier alpha value is -1.38. The van der Waals surface area contributed by atoms with Crippen molar-refractivity contribution in [2.75, 3.05) is 13.7 Å². The maximum atomic E-state index is 12.0. The third-order valence-electron chi connectivity index (χ3n) is 3.29. The molecule has 9 nitrogen and oxygen atoms in total. The Kier molecular flexibility index (Phi) is 4.70. The van der Waals surface area contributed by atoms with Crippen LogP contribution in [0.25, 0.3) is 10.4 Å². The lowest BCUT2D eigenvalue weighted by Crippen LogP contribution is -2.42. The minimum Gasteiger partial charge on any atom is -0.466 e. The fourth-order valence-electron chi connectivity index (χ4n) is 2.57. The smallest absolute Gasteiger partial charge is 0.317 e. The van der Waals surface area contributed by atoms with Crippen molar-refractivity contribution in [1.82, 2.24) is 0 Å². The fourth-order valence-corrected chi connectivity index (χ4v) is 2.57. The molecule has 0 N–H and O–H groups in total. The number of nitrogens with zero attached hydrogens (tertiary/aromatic N) is 3. The minimum atomic E-state index is -1.15. The lowest BCUT2D eigenvalue weighted by Gasteiger charge is -2.25. The molecule has 0 aliphatic carbocycles. The normalized spacial score (nSPS) is 34.9. The van der Waals surface area contributed by atoms with Gasteiger partial charge in [-0.15, -0.1) is 0 Å². The molecule has 0 radical (unpaired) electrons. The fraction of sp³-hybridized carbons (Fsp3) is 0.917. The molecule has 2 aliphatic rings. The molecule has 0 aromatic heterocycles. The van der Waals surface area contributed by atoms with Crippen molar-refractivity contribution in [2.45, 2.75) is 57.2 Å². The quantitative estimate of drug-likeness (QED) is 0.325. The second-order valence-electron chi connectivity index (χ2n) is 5.17. The monoisotopic (exact) mass is 301 g/mol. The summed E-state index contributed by atoms with van der Waals surface area (Å²) in [7, 11) is 1.46. The second-order valence-corrected chi connectivity index (χ2v) is 5.17. The van der Waals surface area contributed by atoms with Crippen molar-refractivity contribution in [1.29, 1.82) is 0 Å². The van der Waals surface area contributed by atoms with Gasteiger partial charge in [-0.05, 0) is 26.3 Å². The Morgan fingerprint density at radius 3 is 2.67 bits per heavy atom. The van der Waals surface area contributed by atoms with Gasteiger partial charge < -0.3 is 23.7 Å². The number of carbonyl (C=O) groups excluding carboxylic acids is 1. The summed E-state index contributed by atoms with van der Waals surface area (Å²) in [4.78, 5) is 14.7. The van der Waals surface area contributed by atoms with Crippen LogP contribution < -0.4 is 0 Å². The number of fused-ring (bicyclic) bond motifs is 1. The van der Waals surface area contributed by atoms with E-state index in [9.17, 15) is 4.79 Å². The Bertz CT molecular complexity index is 450. The van der Waals surface area contributed by atoms with Crippen LogP contribution in [0.15, 0.2) is 5.11 Å². The molecule has 2 rings (SSSR count). The topological polar surface area (TPSA) is 112 Å². The Balaban J connectivity index is 2.24. The van der Waals surface area contributed by atoms with Crippen LogP contribution in [0.2, 0.25) is 0 Å². The van der Waals surface area contributed by atoms with E-state index in [1.807, 2.05) is 0 Å². The number of esters is 1. The van der Waals surface area contributed by atoms with E-state index in [1.165, 1.54) is 7.11 Å². The van der Waals surface area contributed by atoms with E-state index >= 15 is 0 Å². The molecule has 0 amide bonds. The van der Waals surface area contributed by atoms with Gasteiger partial charge in [-0.1, -0.05) is 5.11 Å². The van der Waals surface area contributed by atoms with Gasteiger partial charge in [-0.2, -0.15) is 0 Å². The van der Waals surface area contributed by atoms with Crippen LogP contribution in [-0.4, -0.2) is 56.1 Å². The van der Waals surface area contributed by atoms with Gasteiger partial charge >= 0.3 is 5.97 Å². The zero-order chi connectivity index (χ0) is 15.6. The maximum Gasteiger partial charge on any atom is 0.317 e. The Labute approximate surface area is 122 Å². The third-order valence-corrected chi connectivity index (χ3v) is 3.29. The molecule has 0 aromatic carbocycles. The molecule has 0 aromatic rings. The lowest BCUT2D eigenvalue weighted by atomic mass is 10.0. The van der Waals surface area contributed by atoms with Crippen LogP contribution in [0.5, 0.6) is 0 Å². The van der Waals surface area contributed by atoms with Crippen LogP contribution >= 0.6 is 0 Å².